The number of hydrogen-bond donors (Lipinski definition) is 1. The zero-order valence-electron chi connectivity index (χ0n) is 12.0. The summed E-state index contributed by atoms with van der Waals surface area (Å²) in [5.74, 6) is -1.09. The van der Waals surface area contributed by atoms with Crippen molar-refractivity contribution in [1.82, 2.24) is 4.90 Å². The smallest absolute Gasteiger partial charge is 0.328 e. The minimum Gasteiger partial charge on any atom is -0.478 e. The SMILES string of the molecule is COCC(C)N(C)C(=O)c1cc(C)c(/C=C/C(=O)O)s1. The van der Waals surface area contributed by atoms with Crippen molar-refractivity contribution in [3.8, 4) is 0 Å². The molecule has 1 amide bonds. The quantitative estimate of drug-likeness (QED) is 0.818. The Labute approximate surface area is 122 Å². The number of likely N-dealkylation sites (N-methyl/N-ethyl adjacent to an activating group) is 1. The van der Waals surface area contributed by atoms with Crippen LogP contribution in [0.1, 0.15) is 27.0 Å². The lowest BCUT2D eigenvalue weighted by Gasteiger charge is -2.23. The van der Waals surface area contributed by atoms with Crippen molar-refractivity contribution in [3.05, 3.63) is 27.5 Å². The lowest BCUT2D eigenvalue weighted by atomic mass is 10.2. The summed E-state index contributed by atoms with van der Waals surface area (Å²) in [4.78, 5) is 25.8. The van der Waals surface area contributed by atoms with Crippen LogP contribution >= 0.6 is 11.3 Å². The third kappa shape index (κ3) is 4.18. The van der Waals surface area contributed by atoms with Crippen LogP contribution in [0.15, 0.2) is 12.1 Å². The molecule has 0 aliphatic rings. The zero-order valence-corrected chi connectivity index (χ0v) is 12.9. The number of hydrogen-bond acceptors (Lipinski definition) is 4. The van der Waals surface area contributed by atoms with Gasteiger partial charge in [0.05, 0.1) is 17.5 Å². The molecular weight excluding hydrogens is 278 g/mol. The van der Waals surface area contributed by atoms with Crippen LogP contribution in [0.2, 0.25) is 0 Å². The van der Waals surface area contributed by atoms with Crippen LogP contribution in [-0.4, -0.2) is 48.7 Å². The van der Waals surface area contributed by atoms with Crippen molar-refractivity contribution in [2.24, 2.45) is 0 Å². The van der Waals surface area contributed by atoms with E-state index in [2.05, 4.69) is 0 Å². The molecule has 1 unspecified atom stereocenters. The number of methoxy groups -OCH3 is 1. The van der Waals surface area contributed by atoms with Gasteiger partial charge in [-0.1, -0.05) is 0 Å². The van der Waals surface area contributed by atoms with Gasteiger partial charge in [0.15, 0.2) is 0 Å². The number of carboxylic acid groups (broad SMARTS) is 1. The summed E-state index contributed by atoms with van der Waals surface area (Å²) in [6, 6.07) is 1.76. The fourth-order valence-electron chi connectivity index (χ4n) is 1.64. The number of rotatable bonds is 6. The summed E-state index contributed by atoms with van der Waals surface area (Å²) in [5.41, 5.74) is 0.892. The molecule has 20 heavy (non-hydrogen) atoms. The van der Waals surface area contributed by atoms with E-state index in [-0.39, 0.29) is 11.9 Å². The number of amides is 1. The molecular formula is C14H19NO4S. The van der Waals surface area contributed by atoms with Crippen molar-refractivity contribution in [2.45, 2.75) is 19.9 Å². The Kier molecular flexibility index (Phi) is 5.91. The first-order valence-electron chi connectivity index (χ1n) is 6.14. The number of thiophene rings is 1. The van der Waals surface area contributed by atoms with Gasteiger partial charge >= 0.3 is 5.97 Å². The zero-order chi connectivity index (χ0) is 15.3. The molecule has 1 heterocycles. The Morgan fingerprint density at radius 3 is 2.75 bits per heavy atom. The van der Waals surface area contributed by atoms with Gasteiger partial charge in [0.25, 0.3) is 5.91 Å². The highest BCUT2D eigenvalue weighted by atomic mass is 32.1. The molecule has 0 saturated heterocycles. The predicted octanol–water partition coefficient (Wildman–Crippen LogP) is 2.26. The minimum absolute atomic E-state index is 0.0204. The van der Waals surface area contributed by atoms with Gasteiger partial charge in [-0.15, -0.1) is 11.3 Å². The van der Waals surface area contributed by atoms with Crippen molar-refractivity contribution in [3.63, 3.8) is 0 Å². The van der Waals surface area contributed by atoms with Crippen LogP contribution in [-0.2, 0) is 9.53 Å². The highest BCUT2D eigenvalue weighted by molar-refractivity contribution is 7.15. The predicted molar refractivity (Wildman–Crippen MR) is 79.2 cm³/mol. The third-order valence-corrected chi connectivity index (χ3v) is 4.12. The van der Waals surface area contributed by atoms with E-state index in [1.807, 2.05) is 13.8 Å². The maximum Gasteiger partial charge on any atom is 0.328 e. The Morgan fingerprint density at radius 1 is 1.55 bits per heavy atom. The van der Waals surface area contributed by atoms with Crippen molar-refractivity contribution in [2.75, 3.05) is 20.8 Å². The van der Waals surface area contributed by atoms with Gasteiger partial charge in [-0.05, 0) is 31.6 Å². The van der Waals surface area contributed by atoms with Crippen LogP contribution in [0.25, 0.3) is 6.08 Å². The van der Waals surface area contributed by atoms with E-state index in [0.29, 0.717) is 11.5 Å². The monoisotopic (exact) mass is 297 g/mol. The molecule has 1 aromatic heterocycles. The highest BCUT2D eigenvalue weighted by Gasteiger charge is 2.19. The van der Waals surface area contributed by atoms with Crippen molar-refractivity contribution >= 4 is 29.3 Å². The molecule has 0 spiro atoms. The highest BCUT2D eigenvalue weighted by Crippen LogP contribution is 2.24. The van der Waals surface area contributed by atoms with Crippen LogP contribution in [0.5, 0.6) is 0 Å². The molecule has 5 nitrogen and oxygen atoms in total. The van der Waals surface area contributed by atoms with Crippen molar-refractivity contribution < 1.29 is 19.4 Å². The van der Waals surface area contributed by atoms with E-state index in [4.69, 9.17) is 9.84 Å². The molecule has 1 aromatic rings. The number of aryl methyl sites for hydroxylation is 1. The largest absolute Gasteiger partial charge is 0.478 e. The molecule has 1 N–H and O–H groups in total. The maximum absolute atomic E-state index is 12.3. The van der Waals surface area contributed by atoms with Crippen LogP contribution in [0.4, 0.5) is 0 Å². The second-order valence-corrected chi connectivity index (χ2v) is 5.63. The van der Waals surface area contributed by atoms with E-state index in [0.717, 1.165) is 16.5 Å². The second kappa shape index (κ2) is 7.21. The molecule has 110 valence electrons. The molecule has 0 bridgehead atoms. The number of carbonyl (C=O) groups excluding carboxylic acids is 1. The fraction of sp³-hybridized carbons (Fsp3) is 0.429. The Hall–Kier alpha value is -1.66. The van der Waals surface area contributed by atoms with E-state index in [1.165, 1.54) is 17.4 Å². The summed E-state index contributed by atoms with van der Waals surface area (Å²) >= 11 is 1.29. The average molecular weight is 297 g/mol. The van der Waals surface area contributed by atoms with Crippen LogP contribution in [0.3, 0.4) is 0 Å². The summed E-state index contributed by atoms with van der Waals surface area (Å²) < 4.78 is 5.04. The molecule has 1 atom stereocenters. The Bertz CT molecular complexity index is 521. The number of nitrogens with zero attached hydrogens (tertiary/aromatic N) is 1. The maximum atomic E-state index is 12.3. The van der Waals surface area contributed by atoms with Gasteiger partial charge in [-0.3, -0.25) is 4.79 Å². The Balaban J connectivity index is 2.89. The topological polar surface area (TPSA) is 66.8 Å². The molecule has 1 rings (SSSR count). The lowest BCUT2D eigenvalue weighted by molar-refractivity contribution is -0.131. The first kappa shape index (κ1) is 16.4. The fourth-order valence-corrected chi connectivity index (χ4v) is 2.70. The van der Waals surface area contributed by atoms with E-state index in [9.17, 15) is 9.59 Å². The average Bonchev–Trinajstić information content (AvgIpc) is 2.76. The number of ether oxygens (including phenoxy) is 1. The van der Waals surface area contributed by atoms with Crippen molar-refractivity contribution in [1.29, 1.82) is 0 Å². The van der Waals surface area contributed by atoms with Gasteiger partial charge in [-0.2, -0.15) is 0 Å². The van der Waals surface area contributed by atoms with E-state index in [1.54, 1.807) is 25.1 Å². The molecule has 0 saturated carbocycles. The van der Waals surface area contributed by atoms with Gasteiger partial charge in [0.2, 0.25) is 0 Å². The number of carboxylic acids is 1. The lowest BCUT2D eigenvalue weighted by Crippen LogP contribution is -2.37. The van der Waals surface area contributed by atoms with Gasteiger partial charge in [0, 0.05) is 25.1 Å². The molecule has 0 aromatic carbocycles. The van der Waals surface area contributed by atoms with Crippen LogP contribution in [0, 0.1) is 6.92 Å². The first-order chi connectivity index (χ1) is 9.36. The molecule has 0 aliphatic carbocycles. The normalized spacial score (nSPS) is 12.6. The van der Waals surface area contributed by atoms with Crippen LogP contribution < -0.4 is 0 Å². The van der Waals surface area contributed by atoms with E-state index < -0.39 is 5.97 Å². The van der Waals surface area contributed by atoms with Gasteiger partial charge < -0.3 is 14.7 Å². The van der Waals surface area contributed by atoms with Gasteiger partial charge in [-0.25, -0.2) is 4.79 Å². The standard InChI is InChI=1S/C14H19NO4S/c1-9-7-12(20-11(9)5-6-13(16)17)14(18)15(3)10(2)8-19-4/h5-7,10H,8H2,1-4H3,(H,16,17)/b6-5+. The summed E-state index contributed by atoms with van der Waals surface area (Å²) in [6.45, 7) is 4.23. The molecule has 6 heteroatoms. The number of aliphatic carboxylic acids is 1. The Morgan fingerprint density at radius 2 is 2.20 bits per heavy atom. The van der Waals surface area contributed by atoms with Gasteiger partial charge in [0.1, 0.15) is 0 Å². The number of carbonyl (C=O) groups is 2. The summed E-state index contributed by atoms with van der Waals surface area (Å²) in [5, 5.41) is 8.63. The second-order valence-electron chi connectivity index (χ2n) is 4.55. The molecule has 0 aliphatic heterocycles. The summed E-state index contributed by atoms with van der Waals surface area (Å²) in [6.07, 6.45) is 2.59. The first-order valence-corrected chi connectivity index (χ1v) is 6.96. The minimum atomic E-state index is -1.00. The third-order valence-electron chi connectivity index (χ3n) is 2.93. The molecule has 0 radical (unpaired) electrons. The summed E-state index contributed by atoms with van der Waals surface area (Å²) in [7, 11) is 3.33. The molecule has 0 fully saturated rings. The van der Waals surface area contributed by atoms with E-state index >= 15 is 0 Å².